The summed E-state index contributed by atoms with van der Waals surface area (Å²) < 4.78 is 118. The standard InChI is InChI=1S/C15H26N4.2CHF3O3S.Fe/c1-14-4-5-16-15(12-14)13-19-10-8-17(2)6-7-18(3)9-11-19;2*2-1(3,4)8(5,6)7;/h4-5,12H,6-11,13H2,1-3H3;2*(H,5,6,7);/q;;;+5/p-2. The molecule has 0 saturated carbocycles. The average molecular weight is 616 g/mol. The zero-order valence-corrected chi connectivity index (χ0v) is 22.1. The van der Waals surface area contributed by atoms with Crippen molar-refractivity contribution in [3.05, 3.63) is 29.6 Å². The van der Waals surface area contributed by atoms with Crippen LogP contribution in [-0.2, 0) is 43.8 Å². The molecule has 2 rings (SSSR count). The Balaban J connectivity index is 0. The smallest absolute Gasteiger partial charge is 0.741 e. The number of likely N-dealkylation sites (N-methyl/N-ethyl adjacent to an activating group) is 2. The van der Waals surface area contributed by atoms with E-state index in [1.54, 1.807) is 0 Å². The van der Waals surface area contributed by atoms with Gasteiger partial charge in [-0.25, -0.2) is 16.8 Å². The van der Waals surface area contributed by atoms with E-state index >= 15 is 0 Å². The Hall–Kier alpha value is -1.05. The van der Waals surface area contributed by atoms with E-state index in [-0.39, 0.29) is 17.1 Å². The molecule has 1 fully saturated rings. The zero-order chi connectivity index (χ0) is 27.7. The van der Waals surface area contributed by atoms with Gasteiger partial charge in [0.2, 0.25) is 0 Å². The number of aryl methyl sites for hydroxylation is 1. The van der Waals surface area contributed by atoms with Crippen LogP contribution in [0.2, 0.25) is 0 Å². The average Bonchev–Trinajstić information content (AvgIpc) is 2.73. The van der Waals surface area contributed by atoms with Crippen LogP contribution in [0.4, 0.5) is 26.3 Å². The first-order valence-electron chi connectivity index (χ1n) is 9.68. The predicted octanol–water partition coefficient (Wildman–Crippen LogP) is 1.17. The van der Waals surface area contributed by atoms with Gasteiger partial charge in [0, 0.05) is 52.0 Å². The first-order chi connectivity index (χ1) is 15.6. The van der Waals surface area contributed by atoms with Crippen LogP contribution in [0.1, 0.15) is 11.3 Å². The van der Waals surface area contributed by atoms with E-state index in [4.69, 9.17) is 25.9 Å². The molecule has 10 nitrogen and oxygen atoms in total. The molecular weight excluding hydrogens is 590 g/mol. The number of rotatable bonds is 2. The number of hydrogen-bond acceptors (Lipinski definition) is 10. The molecule has 1 aliphatic rings. The van der Waals surface area contributed by atoms with Crippen molar-refractivity contribution in [3.63, 3.8) is 0 Å². The van der Waals surface area contributed by atoms with Crippen LogP contribution >= 0.6 is 0 Å². The summed E-state index contributed by atoms with van der Waals surface area (Å²) in [6.45, 7) is 9.94. The predicted molar refractivity (Wildman–Crippen MR) is 111 cm³/mol. The molecule has 19 heteroatoms. The third kappa shape index (κ3) is 15.9. The Morgan fingerprint density at radius 2 is 1.17 bits per heavy atom. The molecule has 1 saturated heterocycles. The molecule has 209 valence electrons. The van der Waals surface area contributed by atoms with Gasteiger partial charge in [-0.2, -0.15) is 26.3 Å². The van der Waals surface area contributed by atoms with Crippen molar-refractivity contribution in [2.75, 3.05) is 53.4 Å². The largest absolute Gasteiger partial charge is 5.00 e. The fourth-order valence-electron chi connectivity index (χ4n) is 2.37. The molecule has 0 aromatic carbocycles. The third-order valence-electron chi connectivity index (χ3n) is 4.38. The molecule has 1 aromatic rings. The van der Waals surface area contributed by atoms with E-state index in [1.165, 1.54) is 11.3 Å². The minimum absolute atomic E-state index is 0. The zero-order valence-electron chi connectivity index (χ0n) is 19.4. The molecule has 2 heterocycles. The van der Waals surface area contributed by atoms with Gasteiger partial charge < -0.3 is 18.9 Å². The van der Waals surface area contributed by atoms with E-state index in [2.05, 4.69) is 52.8 Å². The van der Waals surface area contributed by atoms with Crippen molar-refractivity contribution in [3.8, 4) is 0 Å². The summed E-state index contributed by atoms with van der Waals surface area (Å²) in [6.07, 6.45) is 1.92. The van der Waals surface area contributed by atoms with Gasteiger partial charge in [-0.3, -0.25) is 9.88 Å². The molecule has 0 atom stereocenters. The summed E-state index contributed by atoms with van der Waals surface area (Å²) >= 11 is 0. The molecular formula is C17H26F6FeN4O6S2+3. The minimum Gasteiger partial charge on any atom is -0.741 e. The summed E-state index contributed by atoms with van der Waals surface area (Å²) in [7, 11) is -7.76. The Kier molecular flexibility index (Phi) is 15.9. The van der Waals surface area contributed by atoms with Gasteiger partial charge in [0.15, 0.2) is 20.2 Å². The number of pyridine rings is 1. The first-order valence-corrected chi connectivity index (χ1v) is 12.5. The number of aromatic nitrogens is 1. The summed E-state index contributed by atoms with van der Waals surface area (Å²) in [5, 5.41) is 0. The number of nitrogens with zero attached hydrogens (tertiary/aromatic N) is 4. The van der Waals surface area contributed by atoms with Gasteiger partial charge in [-0.1, -0.05) is 0 Å². The molecule has 0 unspecified atom stereocenters. The first kappa shape index (κ1) is 37.1. The van der Waals surface area contributed by atoms with Crippen LogP contribution < -0.4 is 0 Å². The second-order valence-corrected chi connectivity index (χ2v) is 10.2. The number of halogens is 6. The quantitative estimate of drug-likeness (QED) is 0.206. The van der Waals surface area contributed by atoms with Gasteiger partial charge in [-0.15, -0.1) is 0 Å². The maximum Gasteiger partial charge on any atom is 5.00 e. The van der Waals surface area contributed by atoms with E-state index in [9.17, 15) is 26.3 Å². The van der Waals surface area contributed by atoms with Crippen molar-refractivity contribution in [2.24, 2.45) is 0 Å². The molecule has 0 bridgehead atoms. The van der Waals surface area contributed by atoms with Crippen molar-refractivity contribution in [2.45, 2.75) is 24.5 Å². The van der Waals surface area contributed by atoms with Crippen molar-refractivity contribution >= 4 is 20.2 Å². The van der Waals surface area contributed by atoms with Gasteiger partial charge in [0.25, 0.3) is 0 Å². The number of hydrogen-bond donors (Lipinski definition) is 0. The van der Waals surface area contributed by atoms with Crippen molar-refractivity contribution in [1.82, 2.24) is 19.7 Å². The van der Waals surface area contributed by atoms with E-state index in [0.29, 0.717) is 0 Å². The molecule has 0 amide bonds. The summed E-state index contributed by atoms with van der Waals surface area (Å²) in [4.78, 5) is 11.8. The topological polar surface area (TPSA) is 137 Å². The fraction of sp³-hybridized carbons (Fsp3) is 0.706. The van der Waals surface area contributed by atoms with Crippen molar-refractivity contribution in [1.29, 1.82) is 0 Å². The van der Waals surface area contributed by atoms with Gasteiger partial charge >= 0.3 is 28.1 Å². The maximum atomic E-state index is 10.7. The molecule has 0 aliphatic carbocycles. The minimum atomic E-state index is -6.09. The van der Waals surface area contributed by atoms with Gasteiger partial charge in [0.1, 0.15) is 0 Å². The van der Waals surface area contributed by atoms with Gasteiger partial charge in [0.05, 0.1) is 5.69 Å². The van der Waals surface area contributed by atoms with Crippen LogP contribution in [0.5, 0.6) is 0 Å². The Morgan fingerprint density at radius 1 is 0.833 bits per heavy atom. The van der Waals surface area contributed by atoms with E-state index in [0.717, 1.165) is 45.8 Å². The second-order valence-electron chi connectivity index (χ2n) is 7.51. The van der Waals surface area contributed by atoms with Gasteiger partial charge in [-0.05, 0) is 38.7 Å². The van der Waals surface area contributed by atoms with Crippen LogP contribution in [0, 0.1) is 6.92 Å². The SMILES string of the molecule is Cc1ccnc(CN2CCN(C)CCN(C)CC2)c1.O=S(=O)([O-])C(F)(F)F.O=S(=O)([O-])C(F)(F)F.[Fe+5]. The Labute approximate surface area is 216 Å². The number of alkyl halides is 6. The van der Waals surface area contributed by atoms with E-state index < -0.39 is 31.3 Å². The Morgan fingerprint density at radius 3 is 1.47 bits per heavy atom. The van der Waals surface area contributed by atoms with E-state index in [1.807, 2.05) is 6.20 Å². The Bertz CT molecular complexity index is 940. The summed E-state index contributed by atoms with van der Waals surface area (Å²) in [5.74, 6) is 0. The summed E-state index contributed by atoms with van der Waals surface area (Å²) in [6, 6.07) is 4.25. The molecule has 1 aliphatic heterocycles. The maximum absolute atomic E-state index is 10.7. The third-order valence-corrected chi connectivity index (χ3v) is 5.52. The molecule has 1 radical (unpaired) electrons. The van der Waals surface area contributed by atoms with Crippen molar-refractivity contribution < 1.29 is 69.4 Å². The molecule has 36 heavy (non-hydrogen) atoms. The molecule has 0 spiro atoms. The second kappa shape index (κ2) is 15.4. The van der Waals surface area contributed by atoms with Crippen LogP contribution in [-0.4, -0.2) is 110 Å². The normalized spacial score (nSPS) is 17.2. The fourth-order valence-corrected chi connectivity index (χ4v) is 2.37. The summed E-state index contributed by atoms with van der Waals surface area (Å²) in [5.41, 5.74) is -8.81. The molecule has 0 N–H and O–H groups in total. The van der Waals surface area contributed by atoms with Crippen LogP contribution in [0.15, 0.2) is 18.3 Å². The van der Waals surface area contributed by atoms with Crippen LogP contribution in [0.25, 0.3) is 0 Å². The van der Waals surface area contributed by atoms with Crippen LogP contribution in [0.3, 0.4) is 0 Å². The monoisotopic (exact) mass is 616 g/mol. The molecule has 1 aromatic heterocycles.